The lowest BCUT2D eigenvalue weighted by atomic mass is 9.79. The zero-order valence-electron chi connectivity index (χ0n) is 16.8. The van der Waals surface area contributed by atoms with Crippen LogP contribution in [-0.4, -0.2) is 54.2 Å². The second-order valence-corrected chi connectivity index (χ2v) is 9.11. The van der Waals surface area contributed by atoms with Crippen LogP contribution in [0.4, 0.5) is 0 Å². The summed E-state index contributed by atoms with van der Waals surface area (Å²) in [5.74, 6) is -0.160. The quantitative estimate of drug-likeness (QED) is 0.548. The molecule has 0 saturated carbocycles. The topological polar surface area (TPSA) is 96.5 Å². The van der Waals surface area contributed by atoms with Gasteiger partial charge in [0.2, 0.25) is 15.9 Å². The Hall–Kier alpha value is -1.19. The average Bonchev–Trinajstić information content (AvgIpc) is 2.63. The Kier molecular flexibility index (Phi) is 9.86. The molecule has 1 aromatic carbocycles. The molecule has 0 atom stereocenters. The van der Waals surface area contributed by atoms with Gasteiger partial charge in [-0.3, -0.25) is 4.79 Å². The molecule has 0 aliphatic carbocycles. The van der Waals surface area contributed by atoms with Crippen molar-refractivity contribution in [2.45, 2.75) is 38.0 Å². The first-order chi connectivity index (χ1) is 12.8. The molecule has 0 bridgehead atoms. The van der Waals surface area contributed by atoms with Crippen LogP contribution in [0.2, 0.25) is 0 Å². The maximum atomic E-state index is 12.5. The summed E-state index contributed by atoms with van der Waals surface area (Å²) in [4.78, 5) is 12.4. The van der Waals surface area contributed by atoms with Crippen molar-refractivity contribution in [2.75, 3.05) is 39.9 Å². The molecule has 1 amide bonds. The van der Waals surface area contributed by atoms with E-state index in [1.54, 1.807) is 26.2 Å². The second-order valence-electron chi connectivity index (χ2n) is 7.38. The first-order valence-electron chi connectivity index (χ1n) is 9.31. The van der Waals surface area contributed by atoms with E-state index in [4.69, 9.17) is 4.74 Å². The molecule has 0 aromatic heterocycles. The third-order valence-corrected chi connectivity index (χ3v) is 6.66. The van der Waals surface area contributed by atoms with Gasteiger partial charge in [-0.1, -0.05) is 12.1 Å². The maximum Gasteiger partial charge on any atom is 0.240 e. The van der Waals surface area contributed by atoms with Gasteiger partial charge >= 0.3 is 0 Å². The fraction of sp³-hybridized carbons (Fsp3) is 0.632. The molecule has 2 rings (SSSR count). The molecule has 28 heavy (non-hydrogen) atoms. The molecule has 1 aliphatic heterocycles. The lowest BCUT2D eigenvalue weighted by Gasteiger charge is -2.37. The molecular weight excluding hydrogens is 402 g/mol. The lowest BCUT2D eigenvalue weighted by molar-refractivity contribution is -0.121. The van der Waals surface area contributed by atoms with Gasteiger partial charge in [0.1, 0.15) is 0 Å². The Bertz CT molecular complexity index is 744. The monoisotopic (exact) mass is 433 g/mol. The van der Waals surface area contributed by atoms with E-state index in [0.717, 1.165) is 31.5 Å². The Morgan fingerprint density at radius 1 is 1.25 bits per heavy atom. The van der Waals surface area contributed by atoms with Crippen LogP contribution in [0.3, 0.4) is 0 Å². The number of nitrogens with one attached hydrogen (secondary N) is 3. The number of halogens is 1. The fourth-order valence-corrected chi connectivity index (χ4v) is 4.74. The fourth-order valence-electron chi connectivity index (χ4n) is 3.38. The van der Waals surface area contributed by atoms with Gasteiger partial charge in [0.15, 0.2) is 0 Å². The third-order valence-electron chi connectivity index (χ3n) is 5.05. The SMILES string of the molecule is COCC1(CNC(=O)CCNS(=O)(=O)c2cc(C)ccc2C)CCNCC1.Cl. The molecule has 1 fully saturated rings. The van der Waals surface area contributed by atoms with Gasteiger partial charge in [-0.2, -0.15) is 0 Å². The highest BCUT2D eigenvalue weighted by molar-refractivity contribution is 7.89. The van der Waals surface area contributed by atoms with Gasteiger partial charge in [0.25, 0.3) is 0 Å². The summed E-state index contributed by atoms with van der Waals surface area (Å²) in [5.41, 5.74) is 1.52. The number of benzene rings is 1. The van der Waals surface area contributed by atoms with Crippen LogP contribution in [0.5, 0.6) is 0 Å². The van der Waals surface area contributed by atoms with Crippen molar-refractivity contribution in [1.29, 1.82) is 0 Å². The molecule has 3 N–H and O–H groups in total. The van der Waals surface area contributed by atoms with E-state index in [1.165, 1.54) is 0 Å². The van der Waals surface area contributed by atoms with E-state index in [2.05, 4.69) is 15.4 Å². The molecule has 9 heteroatoms. The van der Waals surface area contributed by atoms with Crippen molar-refractivity contribution < 1.29 is 17.9 Å². The number of amides is 1. The van der Waals surface area contributed by atoms with Crippen LogP contribution < -0.4 is 15.4 Å². The van der Waals surface area contributed by atoms with Crippen LogP contribution >= 0.6 is 12.4 Å². The summed E-state index contributed by atoms with van der Waals surface area (Å²) in [5, 5.41) is 6.26. The van der Waals surface area contributed by atoms with Crippen LogP contribution in [-0.2, 0) is 19.6 Å². The number of carbonyl (C=O) groups excluding carboxylic acids is 1. The van der Waals surface area contributed by atoms with Crippen LogP contribution in [0, 0.1) is 19.3 Å². The summed E-state index contributed by atoms with van der Waals surface area (Å²) in [6, 6.07) is 5.30. The summed E-state index contributed by atoms with van der Waals surface area (Å²) < 4.78 is 32.8. The highest BCUT2D eigenvalue weighted by Crippen LogP contribution is 2.28. The van der Waals surface area contributed by atoms with E-state index in [1.807, 2.05) is 13.0 Å². The van der Waals surface area contributed by atoms with Crippen LogP contribution in [0.15, 0.2) is 23.1 Å². The van der Waals surface area contributed by atoms with Crippen molar-refractivity contribution in [3.8, 4) is 0 Å². The Morgan fingerprint density at radius 2 is 1.93 bits per heavy atom. The van der Waals surface area contributed by atoms with E-state index in [9.17, 15) is 13.2 Å². The van der Waals surface area contributed by atoms with Crippen molar-refractivity contribution in [2.24, 2.45) is 5.41 Å². The number of ether oxygens (including phenoxy) is 1. The minimum Gasteiger partial charge on any atom is -0.384 e. The minimum atomic E-state index is -3.62. The van der Waals surface area contributed by atoms with Crippen LogP contribution in [0.25, 0.3) is 0 Å². The standard InChI is InChI=1S/C19H31N3O4S.ClH/c1-15-4-5-16(2)17(12-15)27(24,25)22-9-6-18(23)21-13-19(14-26-3)7-10-20-11-8-19;/h4-5,12,20,22H,6-11,13-14H2,1-3H3,(H,21,23);1H. The molecule has 1 saturated heterocycles. The number of aryl methyl sites for hydroxylation is 2. The summed E-state index contributed by atoms with van der Waals surface area (Å²) in [6.07, 6.45) is 1.99. The number of hydrogen-bond acceptors (Lipinski definition) is 5. The summed E-state index contributed by atoms with van der Waals surface area (Å²) in [7, 11) is -1.95. The average molecular weight is 434 g/mol. The van der Waals surface area contributed by atoms with E-state index < -0.39 is 10.0 Å². The molecule has 0 spiro atoms. The molecule has 7 nitrogen and oxygen atoms in total. The number of piperidine rings is 1. The molecular formula is C19H32ClN3O4S. The summed E-state index contributed by atoms with van der Waals surface area (Å²) >= 11 is 0. The maximum absolute atomic E-state index is 12.5. The Labute approximate surface area is 174 Å². The van der Waals surface area contributed by atoms with Gasteiger partial charge < -0.3 is 15.4 Å². The zero-order chi connectivity index (χ0) is 19.9. The molecule has 1 heterocycles. The predicted octanol–water partition coefficient (Wildman–Crippen LogP) is 1.53. The Morgan fingerprint density at radius 3 is 2.57 bits per heavy atom. The van der Waals surface area contributed by atoms with Gasteiger partial charge in [0.05, 0.1) is 11.5 Å². The first-order valence-corrected chi connectivity index (χ1v) is 10.8. The van der Waals surface area contributed by atoms with Crippen molar-refractivity contribution in [3.63, 3.8) is 0 Å². The number of rotatable bonds is 9. The molecule has 160 valence electrons. The van der Waals surface area contributed by atoms with Crippen molar-refractivity contribution in [3.05, 3.63) is 29.3 Å². The van der Waals surface area contributed by atoms with Gasteiger partial charge in [0, 0.05) is 32.0 Å². The highest BCUT2D eigenvalue weighted by atomic mass is 35.5. The van der Waals surface area contributed by atoms with E-state index >= 15 is 0 Å². The lowest BCUT2D eigenvalue weighted by Crippen LogP contribution is -2.47. The van der Waals surface area contributed by atoms with Crippen molar-refractivity contribution >= 4 is 28.3 Å². The first kappa shape index (κ1) is 24.8. The normalized spacial score (nSPS) is 16.2. The summed E-state index contributed by atoms with van der Waals surface area (Å²) in [6.45, 7) is 6.65. The van der Waals surface area contributed by atoms with Crippen LogP contribution in [0.1, 0.15) is 30.4 Å². The van der Waals surface area contributed by atoms with Crippen molar-refractivity contribution in [1.82, 2.24) is 15.4 Å². The number of sulfonamides is 1. The van der Waals surface area contributed by atoms with Gasteiger partial charge in [-0.25, -0.2) is 13.1 Å². The molecule has 1 aromatic rings. The van der Waals surface area contributed by atoms with E-state index in [0.29, 0.717) is 18.7 Å². The number of carbonyl (C=O) groups is 1. The smallest absolute Gasteiger partial charge is 0.240 e. The second kappa shape index (κ2) is 11.1. The minimum absolute atomic E-state index is 0. The number of methoxy groups -OCH3 is 1. The van der Waals surface area contributed by atoms with Gasteiger partial charge in [-0.15, -0.1) is 12.4 Å². The highest BCUT2D eigenvalue weighted by Gasteiger charge is 2.32. The Balaban J connectivity index is 0.00000392. The number of hydrogen-bond donors (Lipinski definition) is 3. The zero-order valence-corrected chi connectivity index (χ0v) is 18.5. The largest absolute Gasteiger partial charge is 0.384 e. The molecule has 0 radical (unpaired) electrons. The third kappa shape index (κ3) is 7.00. The van der Waals surface area contributed by atoms with E-state index in [-0.39, 0.29) is 41.6 Å². The van der Waals surface area contributed by atoms with Gasteiger partial charge in [-0.05, 0) is 57.0 Å². The molecule has 0 unspecified atom stereocenters. The predicted molar refractivity (Wildman–Crippen MR) is 112 cm³/mol. The molecule has 1 aliphatic rings.